The lowest BCUT2D eigenvalue weighted by Crippen LogP contribution is -2.37. The van der Waals surface area contributed by atoms with E-state index in [2.05, 4.69) is 59.8 Å². The normalized spacial score (nSPS) is 35.2. The Morgan fingerprint density at radius 1 is 1.07 bits per heavy atom. The molecule has 0 spiro atoms. The molecule has 1 saturated carbocycles. The molecule has 1 unspecified atom stereocenters. The predicted octanol–water partition coefficient (Wildman–Crippen LogP) is 6.27. The van der Waals surface area contributed by atoms with Crippen molar-refractivity contribution in [2.45, 2.75) is 98.2 Å². The van der Waals surface area contributed by atoms with Crippen LogP contribution >= 0.6 is 0 Å². The second-order valence-electron chi connectivity index (χ2n) is 11.3. The molecule has 7 atom stereocenters. The highest BCUT2D eigenvalue weighted by Crippen LogP contribution is 2.63. The Balaban J connectivity index is 1.67. The molecule has 0 aliphatic heterocycles. The summed E-state index contributed by atoms with van der Waals surface area (Å²) in [4.78, 5) is 0. The summed E-state index contributed by atoms with van der Waals surface area (Å²) in [7, 11) is 0. The number of hydrogen-bond acceptors (Lipinski definition) is 2. The minimum Gasteiger partial charge on any atom is -0.393 e. The van der Waals surface area contributed by atoms with E-state index in [-0.39, 0.29) is 17.6 Å². The van der Waals surface area contributed by atoms with Crippen LogP contribution < -0.4 is 0 Å². The summed E-state index contributed by atoms with van der Waals surface area (Å²) in [5, 5.41) is 21.5. The average Bonchev–Trinajstić information content (AvgIpc) is 3.03. The van der Waals surface area contributed by atoms with E-state index >= 15 is 0 Å². The molecule has 2 N–H and O–H groups in total. The molecular weight excluding hydrogens is 368 g/mol. The Morgan fingerprint density at radius 3 is 2.50 bits per heavy atom. The third kappa shape index (κ3) is 3.58. The van der Waals surface area contributed by atoms with Crippen LogP contribution in [0.25, 0.3) is 0 Å². The van der Waals surface area contributed by atoms with Gasteiger partial charge in [0.25, 0.3) is 0 Å². The highest BCUT2D eigenvalue weighted by atomic mass is 16.3. The van der Waals surface area contributed by atoms with Gasteiger partial charge in [-0.25, -0.2) is 0 Å². The predicted molar refractivity (Wildman–Crippen MR) is 125 cm³/mol. The van der Waals surface area contributed by atoms with E-state index < -0.39 is 0 Å². The van der Waals surface area contributed by atoms with Crippen LogP contribution in [0.4, 0.5) is 0 Å². The van der Waals surface area contributed by atoms with E-state index in [1.807, 2.05) is 0 Å². The lowest BCUT2D eigenvalue weighted by molar-refractivity contribution is 0.0437. The highest BCUT2D eigenvalue weighted by molar-refractivity contribution is 5.51. The van der Waals surface area contributed by atoms with E-state index in [1.54, 1.807) is 0 Å². The van der Waals surface area contributed by atoms with Crippen LogP contribution in [0.2, 0.25) is 0 Å². The van der Waals surface area contributed by atoms with E-state index in [1.165, 1.54) is 40.7 Å². The van der Waals surface area contributed by atoms with Gasteiger partial charge in [-0.2, -0.15) is 0 Å². The molecule has 166 valence electrons. The van der Waals surface area contributed by atoms with Gasteiger partial charge in [0.05, 0.1) is 12.2 Å². The topological polar surface area (TPSA) is 40.5 Å². The third-order valence-electron chi connectivity index (χ3n) is 9.23. The summed E-state index contributed by atoms with van der Waals surface area (Å²) in [6, 6.07) is 2.43. The first-order valence-corrected chi connectivity index (χ1v) is 12.3. The maximum atomic E-state index is 11.3. The van der Waals surface area contributed by atoms with E-state index in [9.17, 15) is 10.2 Å². The fourth-order valence-electron chi connectivity index (χ4n) is 7.03. The van der Waals surface area contributed by atoms with Crippen LogP contribution in [0, 0.1) is 36.0 Å². The summed E-state index contributed by atoms with van der Waals surface area (Å²) in [6.45, 7) is 13.9. The smallest absolute Gasteiger partial charge is 0.0801 e. The molecule has 0 radical (unpaired) electrons. The molecule has 2 heteroatoms. The Bertz CT molecular complexity index is 822. The summed E-state index contributed by atoms with van der Waals surface area (Å²) in [5.74, 6) is 3.01. The van der Waals surface area contributed by atoms with Crippen molar-refractivity contribution in [1.82, 2.24) is 0 Å². The average molecular weight is 411 g/mol. The molecule has 4 rings (SSSR count). The largest absolute Gasteiger partial charge is 0.393 e. The summed E-state index contributed by atoms with van der Waals surface area (Å²) in [6.07, 6.45) is 10.2. The first-order valence-electron chi connectivity index (χ1n) is 12.3. The van der Waals surface area contributed by atoms with E-state index in [0.29, 0.717) is 29.6 Å². The highest BCUT2D eigenvalue weighted by Gasteiger charge is 2.53. The molecule has 2 nitrogen and oxygen atoms in total. The van der Waals surface area contributed by atoms with Crippen molar-refractivity contribution in [3.8, 4) is 0 Å². The quantitative estimate of drug-likeness (QED) is 0.575. The lowest BCUT2D eigenvalue weighted by Gasteiger charge is -2.46. The number of aliphatic hydroxyl groups is 2. The first kappa shape index (κ1) is 22.1. The van der Waals surface area contributed by atoms with Crippen LogP contribution in [0.15, 0.2) is 18.2 Å². The number of rotatable bonds is 4. The van der Waals surface area contributed by atoms with Crippen LogP contribution in [-0.4, -0.2) is 16.3 Å². The van der Waals surface area contributed by atoms with E-state index in [4.69, 9.17) is 0 Å². The van der Waals surface area contributed by atoms with Crippen LogP contribution in [0.1, 0.15) is 100 Å². The van der Waals surface area contributed by atoms with Crippen LogP contribution in [0.3, 0.4) is 0 Å². The minimum absolute atomic E-state index is 0.159. The van der Waals surface area contributed by atoms with Crippen molar-refractivity contribution >= 4 is 0 Å². The van der Waals surface area contributed by atoms with E-state index in [0.717, 1.165) is 25.7 Å². The molecular formula is C28H42O2. The van der Waals surface area contributed by atoms with Gasteiger partial charge in [-0.3, -0.25) is 0 Å². The maximum Gasteiger partial charge on any atom is 0.0801 e. The Labute approximate surface area is 183 Å². The number of aryl methyl sites for hydroxylation is 1. The van der Waals surface area contributed by atoms with Gasteiger partial charge < -0.3 is 10.2 Å². The second kappa shape index (κ2) is 8.10. The van der Waals surface area contributed by atoms with Crippen molar-refractivity contribution in [2.24, 2.45) is 29.1 Å². The molecule has 0 saturated heterocycles. The lowest BCUT2D eigenvalue weighted by atomic mass is 9.59. The minimum atomic E-state index is -0.378. The maximum absolute atomic E-state index is 11.3. The SMILES string of the molecule is Cc1c2c(cc3c1[C@H](O)C[C@]1(C)[C@@H]([C@H](C)/C=C/C(C)C(C)C)CC[C@@H]31)CC[C@H](O)C2. The molecule has 0 heterocycles. The zero-order valence-corrected chi connectivity index (χ0v) is 19.9. The van der Waals surface area contributed by atoms with Gasteiger partial charge in [-0.05, 0) is 108 Å². The van der Waals surface area contributed by atoms with Gasteiger partial charge in [0, 0.05) is 0 Å². The molecule has 1 fully saturated rings. The summed E-state index contributed by atoms with van der Waals surface area (Å²) < 4.78 is 0. The molecule has 3 aliphatic rings. The molecule has 1 aromatic rings. The van der Waals surface area contributed by atoms with Crippen molar-refractivity contribution in [3.63, 3.8) is 0 Å². The monoisotopic (exact) mass is 410 g/mol. The van der Waals surface area contributed by atoms with Gasteiger partial charge in [-0.15, -0.1) is 0 Å². The second-order valence-corrected chi connectivity index (χ2v) is 11.3. The van der Waals surface area contributed by atoms with Crippen LogP contribution in [0.5, 0.6) is 0 Å². The molecule has 3 aliphatic carbocycles. The van der Waals surface area contributed by atoms with Gasteiger partial charge >= 0.3 is 0 Å². The van der Waals surface area contributed by atoms with Gasteiger partial charge in [0.2, 0.25) is 0 Å². The first-order chi connectivity index (χ1) is 14.1. The fourth-order valence-corrected chi connectivity index (χ4v) is 7.03. The standard InChI is InChI=1S/C28H42O2/c1-16(2)17(3)7-8-18(4)24-11-12-25-23-13-20-9-10-21(29)14-22(20)19(5)27(23)26(30)15-28(24,25)6/h7-8,13,16-18,21,24-26,29-30H,9-12,14-15H2,1-6H3/b8-7+/t17?,18-,21+,24-,25+,26-,28-/m1/s1. The van der Waals surface area contributed by atoms with Crippen molar-refractivity contribution in [2.75, 3.05) is 0 Å². The third-order valence-corrected chi connectivity index (χ3v) is 9.23. The number of allylic oxidation sites excluding steroid dienone is 2. The summed E-state index contributed by atoms with van der Waals surface area (Å²) in [5.41, 5.74) is 6.78. The van der Waals surface area contributed by atoms with Crippen molar-refractivity contribution < 1.29 is 10.2 Å². The van der Waals surface area contributed by atoms with Gasteiger partial charge in [-0.1, -0.05) is 52.8 Å². The molecule has 0 aromatic heterocycles. The number of hydrogen-bond donors (Lipinski definition) is 2. The molecule has 1 aromatic carbocycles. The van der Waals surface area contributed by atoms with Gasteiger partial charge in [0.15, 0.2) is 0 Å². The Kier molecular flexibility index (Phi) is 5.96. The Morgan fingerprint density at radius 2 is 1.80 bits per heavy atom. The number of fused-ring (bicyclic) bond motifs is 4. The molecule has 30 heavy (non-hydrogen) atoms. The summed E-state index contributed by atoms with van der Waals surface area (Å²) >= 11 is 0. The zero-order chi connectivity index (χ0) is 21.8. The van der Waals surface area contributed by atoms with Gasteiger partial charge in [0.1, 0.15) is 0 Å². The zero-order valence-electron chi connectivity index (χ0n) is 19.9. The van der Waals surface area contributed by atoms with Crippen molar-refractivity contribution in [1.29, 1.82) is 0 Å². The Hall–Kier alpha value is -1.12. The fraction of sp³-hybridized carbons (Fsp3) is 0.714. The number of aliphatic hydroxyl groups excluding tert-OH is 2. The van der Waals surface area contributed by atoms with Crippen LogP contribution in [-0.2, 0) is 12.8 Å². The van der Waals surface area contributed by atoms with Crippen molar-refractivity contribution in [3.05, 3.63) is 46.0 Å². The molecule has 0 bridgehead atoms. The molecule has 0 amide bonds. The number of benzene rings is 1.